The number of halogens is 1. The van der Waals surface area contributed by atoms with Gasteiger partial charge >= 0.3 is 0 Å². The summed E-state index contributed by atoms with van der Waals surface area (Å²) < 4.78 is 12.8. The van der Waals surface area contributed by atoms with Crippen LogP contribution in [0, 0.1) is 12.7 Å². The van der Waals surface area contributed by atoms with E-state index in [1.807, 2.05) is 13.8 Å². The summed E-state index contributed by atoms with van der Waals surface area (Å²) >= 11 is 0. The van der Waals surface area contributed by atoms with Crippen LogP contribution in [0.25, 0.3) is 0 Å². The SMILES string of the molecule is CC.CNc1cc(F)c(C)cc1O. The van der Waals surface area contributed by atoms with Crippen molar-refractivity contribution in [3.8, 4) is 5.75 Å². The second-order valence-electron chi connectivity index (χ2n) is 2.37. The van der Waals surface area contributed by atoms with Crippen LogP contribution in [0.5, 0.6) is 5.75 Å². The number of anilines is 1. The van der Waals surface area contributed by atoms with Gasteiger partial charge in [0.1, 0.15) is 11.6 Å². The van der Waals surface area contributed by atoms with Crippen molar-refractivity contribution < 1.29 is 9.50 Å². The van der Waals surface area contributed by atoms with E-state index in [0.29, 0.717) is 11.3 Å². The number of aryl methyl sites for hydroxylation is 1. The van der Waals surface area contributed by atoms with Gasteiger partial charge in [-0.2, -0.15) is 0 Å². The third-order valence-corrected chi connectivity index (χ3v) is 1.55. The van der Waals surface area contributed by atoms with Gasteiger partial charge in [-0.25, -0.2) is 4.39 Å². The molecule has 1 rings (SSSR count). The number of benzene rings is 1. The van der Waals surface area contributed by atoms with E-state index in [0.717, 1.165) is 0 Å². The van der Waals surface area contributed by atoms with Crippen LogP contribution >= 0.6 is 0 Å². The molecule has 0 bridgehead atoms. The van der Waals surface area contributed by atoms with Crippen LogP contribution in [-0.4, -0.2) is 12.2 Å². The molecular formula is C10H16FNO. The van der Waals surface area contributed by atoms with E-state index < -0.39 is 0 Å². The molecular weight excluding hydrogens is 169 g/mol. The molecule has 0 fully saturated rings. The quantitative estimate of drug-likeness (QED) is 0.659. The standard InChI is InChI=1S/C8H10FNO.C2H6/c1-5-3-8(11)7(10-2)4-6(5)9;1-2/h3-4,10-11H,1-2H3;1-2H3. The number of hydrogen-bond donors (Lipinski definition) is 2. The van der Waals surface area contributed by atoms with E-state index in [4.69, 9.17) is 0 Å². The van der Waals surface area contributed by atoms with Gasteiger partial charge in [0.05, 0.1) is 5.69 Å². The number of hydrogen-bond acceptors (Lipinski definition) is 2. The maximum Gasteiger partial charge on any atom is 0.139 e. The Hall–Kier alpha value is -1.25. The summed E-state index contributed by atoms with van der Waals surface area (Å²) in [5.41, 5.74) is 0.856. The summed E-state index contributed by atoms with van der Waals surface area (Å²) in [6.45, 7) is 5.61. The molecule has 0 aliphatic heterocycles. The summed E-state index contributed by atoms with van der Waals surface area (Å²) in [4.78, 5) is 0. The third kappa shape index (κ3) is 2.93. The van der Waals surface area contributed by atoms with Gasteiger partial charge in [0.15, 0.2) is 0 Å². The lowest BCUT2D eigenvalue weighted by Crippen LogP contribution is -1.91. The van der Waals surface area contributed by atoms with Crippen LogP contribution in [0.4, 0.5) is 10.1 Å². The molecule has 1 aromatic carbocycles. The smallest absolute Gasteiger partial charge is 0.139 e. The van der Waals surface area contributed by atoms with Crippen LogP contribution in [0.2, 0.25) is 0 Å². The van der Waals surface area contributed by atoms with Crippen LogP contribution in [0.3, 0.4) is 0 Å². The number of rotatable bonds is 1. The van der Waals surface area contributed by atoms with Crippen LogP contribution < -0.4 is 5.32 Å². The number of phenols is 1. The number of nitrogens with one attached hydrogen (secondary N) is 1. The fourth-order valence-electron chi connectivity index (χ4n) is 0.867. The molecule has 3 heteroatoms. The predicted octanol–water partition coefficient (Wildman–Crippen LogP) is 2.91. The molecule has 13 heavy (non-hydrogen) atoms. The lowest BCUT2D eigenvalue weighted by Gasteiger charge is -2.04. The van der Waals surface area contributed by atoms with Crippen molar-refractivity contribution in [2.24, 2.45) is 0 Å². The molecule has 2 nitrogen and oxygen atoms in total. The Morgan fingerprint density at radius 1 is 1.31 bits per heavy atom. The molecule has 2 N–H and O–H groups in total. The zero-order chi connectivity index (χ0) is 10.4. The first-order chi connectivity index (χ1) is 6.15. The first-order valence-electron chi connectivity index (χ1n) is 4.32. The maximum atomic E-state index is 12.8. The molecule has 0 saturated carbocycles. The van der Waals surface area contributed by atoms with E-state index in [9.17, 15) is 9.50 Å². The minimum absolute atomic E-state index is 0.0754. The van der Waals surface area contributed by atoms with Crippen molar-refractivity contribution in [3.05, 3.63) is 23.5 Å². The average Bonchev–Trinajstić information content (AvgIpc) is 2.15. The van der Waals surface area contributed by atoms with Gasteiger partial charge in [0.2, 0.25) is 0 Å². The second kappa shape index (κ2) is 5.41. The summed E-state index contributed by atoms with van der Waals surface area (Å²) in [6.07, 6.45) is 0. The van der Waals surface area contributed by atoms with Gasteiger partial charge in [0, 0.05) is 13.1 Å². The van der Waals surface area contributed by atoms with E-state index >= 15 is 0 Å². The highest BCUT2D eigenvalue weighted by Crippen LogP contribution is 2.25. The van der Waals surface area contributed by atoms with Gasteiger partial charge in [-0.3, -0.25) is 0 Å². The largest absolute Gasteiger partial charge is 0.506 e. The topological polar surface area (TPSA) is 32.3 Å². The Bertz CT molecular complexity index is 274. The lowest BCUT2D eigenvalue weighted by atomic mass is 10.2. The summed E-state index contributed by atoms with van der Waals surface area (Å²) in [5.74, 6) is -0.237. The highest BCUT2D eigenvalue weighted by molar-refractivity contribution is 5.56. The molecule has 0 amide bonds. The Labute approximate surface area is 78.4 Å². The second-order valence-corrected chi connectivity index (χ2v) is 2.37. The Kier molecular flexibility index (Phi) is 4.89. The predicted molar refractivity (Wildman–Crippen MR) is 53.7 cm³/mol. The van der Waals surface area contributed by atoms with Crippen molar-refractivity contribution in [2.75, 3.05) is 12.4 Å². The molecule has 1 aromatic rings. The maximum absolute atomic E-state index is 12.8. The van der Waals surface area contributed by atoms with E-state index in [-0.39, 0.29) is 11.6 Å². The van der Waals surface area contributed by atoms with E-state index in [1.165, 1.54) is 12.1 Å². The molecule has 0 atom stereocenters. The molecule has 74 valence electrons. The van der Waals surface area contributed by atoms with Gasteiger partial charge < -0.3 is 10.4 Å². The monoisotopic (exact) mass is 185 g/mol. The number of phenolic OH excluding ortho intramolecular Hbond substituents is 1. The molecule has 0 radical (unpaired) electrons. The Morgan fingerprint density at radius 3 is 2.31 bits per heavy atom. The molecule has 0 aromatic heterocycles. The zero-order valence-electron chi connectivity index (χ0n) is 8.48. The Morgan fingerprint density at radius 2 is 1.85 bits per heavy atom. The lowest BCUT2D eigenvalue weighted by molar-refractivity contribution is 0.474. The van der Waals surface area contributed by atoms with Gasteiger partial charge in [-0.15, -0.1) is 0 Å². The van der Waals surface area contributed by atoms with Crippen molar-refractivity contribution in [1.82, 2.24) is 0 Å². The molecule has 0 unspecified atom stereocenters. The van der Waals surface area contributed by atoms with E-state index in [2.05, 4.69) is 5.32 Å². The van der Waals surface area contributed by atoms with Crippen molar-refractivity contribution in [2.45, 2.75) is 20.8 Å². The van der Waals surface area contributed by atoms with Crippen molar-refractivity contribution in [1.29, 1.82) is 0 Å². The summed E-state index contributed by atoms with van der Waals surface area (Å²) in [6, 6.07) is 2.66. The average molecular weight is 185 g/mol. The molecule has 0 aliphatic rings. The normalized spacial score (nSPS) is 8.69. The Balaban J connectivity index is 0.000000671. The highest BCUT2D eigenvalue weighted by atomic mass is 19.1. The summed E-state index contributed by atoms with van der Waals surface area (Å²) in [7, 11) is 1.63. The molecule has 0 heterocycles. The molecule has 0 spiro atoms. The van der Waals surface area contributed by atoms with Gasteiger partial charge in [0.25, 0.3) is 0 Å². The number of aromatic hydroxyl groups is 1. The summed E-state index contributed by atoms with van der Waals surface area (Å²) in [5, 5.41) is 11.9. The fourth-order valence-corrected chi connectivity index (χ4v) is 0.867. The fraction of sp³-hybridized carbons (Fsp3) is 0.400. The van der Waals surface area contributed by atoms with Crippen LogP contribution in [0.1, 0.15) is 19.4 Å². The van der Waals surface area contributed by atoms with Crippen LogP contribution in [-0.2, 0) is 0 Å². The van der Waals surface area contributed by atoms with Gasteiger partial charge in [-0.1, -0.05) is 13.8 Å². The third-order valence-electron chi connectivity index (χ3n) is 1.55. The van der Waals surface area contributed by atoms with Crippen molar-refractivity contribution >= 4 is 5.69 Å². The molecule has 0 saturated heterocycles. The first-order valence-corrected chi connectivity index (χ1v) is 4.32. The first kappa shape index (κ1) is 11.8. The highest BCUT2D eigenvalue weighted by Gasteiger charge is 2.03. The zero-order valence-corrected chi connectivity index (χ0v) is 8.48. The van der Waals surface area contributed by atoms with Crippen LogP contribution in [0.15, 0.2) is 12.1 Å². The molecule has 0 aliphatic carbocycles. The minimum atomic E-state index is -0.313. The van der Waals surface area contributed by atoms with Gasteiger partial charge in [-0.05, 0) is 18.6 Å². The van der Waals surface area contributed by atoms with E-state index in [1.54, 1.807) is 14.0 Å². The minimum Gasteiger partial charge on any atom is -0.506 e. The van der Waals surface area contributed by atoms with Crippen molar-refractivity contribution in [3.63, 3.8) is 0 Å².